The number of nitrogens with zero attached hydrogens (tertiary/aromatic N) is 4. The van der Waals surface area contributed by atoms with Gasteiger partial charge in [0.2, 0.25) is 0 Å². The first-order valence-corrected chi connectivity index (χ1v) is 18.7. The molecule has 2 heterocycles. The lowest BCUT2D eigenvalue weighted by Crippen LogP contribution is -2.31. The van der Waals surface area contributed by atoms with Crippen LogP contribution in [0.15, 0.2) is 95.7 Å². The van der Waals surface area contributed by atoms with Gasteiger partial charge in [-0.05, 0) is 90.4 Å². The number of benzene rings is 1. The van der Waals surface area contributed by atoms with Gasteiger partial charge in [0.05, 0.1) is 32.4 Å². The summed E-state index contributed by atoms with van der Waals surface area (Å²) in [6.07, 6.45) is 16.1. The third kappa shape index (κ3) is 14.0. The minimum atomic E-state index is -0.538. The van der Waals surface area contributed by atoms with Crippen molar-refractivity contribution in [1.82, 2.24) is 19.7 Å². The van der Waals surface area contributed by atoms with Gasteiger partial charge in [-0.15, -0.1) is 0 Å². The molecule has 1 aromatic heterocycles. The maximum Gasteiger partial charge on any atom is 0.329 e. The number of hydrogen-bond donors (Lipinski definition) is 1. The fraction of sp³-hybridized carbons (Fsp3) is 0.476. The number of halogens is 1. The number of rotatable bonds is 20. The van der Waals surface area contributed by atoms with Gasteiger partial charge >= 0.3 is 6.03 Å². The van der Waals surface area contributed by atoms with Gasteiger partial charge in [-0.2, -0.15) is 0 Å². The van der Waals surface area contributed by atoms with Gasteiger partial charge in [0.15, 0.2) is 17.3 Å². The standard InChI is InChI=1S/C39H53FN4O6.C3H8/c1-8-15-32(45)16-13-22-43-28-31(10-3)44(39(43)46)30(9-2)17-18-35(29(6)40)50-36-19-20-41-34-27-38(37(47-7)26-33(34)36)49-24-14-21-42(11-4)23-25-48-12-5;1-3-2/h8-10,15-20,26-27,45H,11-14,21-25,28H2,1-7H3;3H2,1-2H3/b15-8-,18-17-,30-9+,31-10+,32-16+,35-29-;. The van der Waals surface area contributed by atoms with Crippen LogP contribution in [0.4, 0.5) is 9.18 Å². The first-order valence-electron chi connectivity index (χ1n) is 18.7. The van der Waals surface area contributed by atoms with Crippen molar-refractivity contribution in [2.75, 3.05) is 59.7 Å². The second-order valence-corrected chi connectivity index (χ2v) is 12.2. The van der Waals surface area contributed by atoms with Gasteiger partial charge in [0.25, 0.3) is 0 Å². The molecule has 11 heteroatoms. The molecule has 292 valence electrons. The van der Waals surface area contributed by atoms with Crippen molar-refractivity contribution < 1.29 is 33.2 Å². The molecule has 0 aliphatic carbocycles. The summed E-state index contributed by atoms with van der Waals surface area (Å²) in [5.41, 5.74) is 1.97. The average molecular weight is 737 g/mol. The van der Waals surface area contributed by atoms with E-state index >= 15 is 0 Å². The van der Waals surface area contributed by atoms with Crippen molar-refractivity contribution in [2.24, 2.45) is 0 Å². The third-order valence-corrected chi connectivity index (χ3v) is 8.11. The number of hydrogen-bond acceptors (Lipinski definition) is 8. The summed E-state index contributed by atoms with van der Waals surface area (Å²) in [4.78, 5) is 23.6. The molecule has 1 aliphatic heterocycles. The quantitative estimate of drug-likeness (QED) is 0.0816. The maximum atomic E-state index is 15.0. The van der Waals surface area contributed by atoms with Crippen LogP contribution in [0, 0.1) is 0 Å². The van der Waals surface area contributed by atoms with Gasteiger partial charge in [-0.1, -0.05) is 45.4 Å². The average Bonchev–Trinajstić information content (AvgIpc) is 3.46. The fourth-order valence-electron chi connectivity index (χ4n) is 5.40. The van der Waals surface area contributed by atoms with Crippen LogP contribution < -0.4 is 14.2 Å². The van der Waals surface area contributed by atoms with Crippen molar-refractivity contribution in [3.63, 3.8) is 0 Å². The van der Waals surface area contributed by atoms with Crippen molar-refractivity contribution in [1.29, 1.82) is 0 Å². The Kier molecular flexibility index (Phi) is 20.7. The number of allylic oxidation sites excluding steroid dienone is 7. The number of likely N-dealkylation sites (N-methyl/N-ethyl adjacent to an activating group) is 1. The zero-order chi connectivity index (χ0) is 39.2. The Hall–Kier alpha value is -4.61. The minimum Gasteiger partial charge on any atom is -0.508 e. The molecule has 2 amide bonds. The number of urea groups is 1. The topological polar surface area (TPSA) is 96.8 Å². The normalized spacial score (nSPS) is 15.2. The number of amides is 2. The van der Waals surface area contributed by atoms with Crippen molar-refractivity contribution in [3.8, 4) is 17.2 Å². The Morgan fingerprint density at radius 3 is 2.42 bits per heavy atom. The van der Waals surface area contributed by atoms with E-state index in [9.17, 15) is 14.3 Å². The summed E-state index contributed by atoms with van der Waals surface area (Å²) in [6, 6.07) is 5.05. The zero-order valence-electron chi connectivity index (χ0n) is 33.3. The Bertz CT molecular complexity index is 1630. The predicted molar refractivity (Wildman–Crippen MR) is 213 cm³/mol. The van der Waals surface area contributed by atoms with Crippen molar-refractivity contribution in [2.45, 2.75) is 74.7 Å². The molecular weight excluding hydrogens is 675 g/mol. The highest BCUT2D eigenvalue weighted by Gasteiger charge is 2.33. The van der Waals surface area contributed by atoms with Gasteiger partial charge in [0.1, 0.15) is 17.3 Å². The highest BCUT2D eigenvalue weighted by atomic mass is 19.1. The highest BCUT2D eigenvalue weighted by Crippen LogP contribution is 2.37. The molecule has 10 nitrogen and oxygen atoms in total. The molecule has 1 N–H and O–H groups in total. The Labute approximate surface area is 316 Å². The molecule has 2 aromatic rings. The van der Waals surface area contributed by atoms with E-state index in [1.165, 1.54) is 19.4 Å². The van der Waals surface area contributed by atoms with Crippen LogP contribution >= 0.6 is 0 Å². The number of carbonyl (C=O) groups excluding carboxylic acids is 1. The Morgan fingerprint density at radius 2 is 1.79 bits per heavy atom. The molecule has 1 fully saturated rings. The molecular formula is C42H61FN4O6. The van der Waals surface area contributed by atoms with Gasteiger partial charge in [-0.25, -0.2) is 9.18 Å². The number of aliphatic hydroxyl groups is 1. The molecule has 1 aliphatic rings. The number of carbonyl (C=O) groups is 1. The van der Waals surface area contributed by atoms with Gasteiger partial charge in [0, 0.05) is 55.3 Å². The van der Waals surface area contributed by atoms with E-state index in [2.05, 4.69) is 30.7 Å². The van der Waals surface area contributed by atoms with E-state index in [1.54, 1.807) is 71.7 Å². The molecule has 0 bridgehead atoms. The maximum absolute atomic E-state index is 15.0. The minimum absolute atomic E-state index is 0.0175. The zero-order valence-corrected chi connectivity index (χ0v) is 33.3. The van der Waals surface area contributed by atoms with Crippen molar-refractivity contribution in [3.05, 3.63) is 95.7 Å². The fourth-order valence-corrected chi connectivity index (χ4v) is 5.40. The lowest BCUT2D eigenvalue weighted by atomic mass is 10.1. The molecule has 53 heavy (non-hydrogen) atoms. The molecule has 0 atom stereocenters. The number of fused-ring (bicyclic) bond motifs is 1. The smallest absolute Gasteiger partial charge is 0.329 e. The van der Waals surface area contributed by atoms with Gasteiger partial charge in [-0.3, -0.25) is 9.88 Å². The molecule has 0 unspecified atom stereocenters. The third-order valence-electron chi connectivity index (χ3n) is 8.11. The molecule has 1 saturated heterocycles. The first kappa shape index (κ1) is 44.6. The molecule has 3 rings (SSSR count). The van der Waals surface area contributed by atoms with Gasteiger partial charge < -0.3 is 33.9 Å². The van der Waals surface area contributed by atoms with Crippen LogP contribution in [0.5, 0.6) is 17.2 Å². The van der Waals surface area contributed by atoms with E-state index in [0.29, 0.717) is 73.2 Å². The number of ether oxygens (including phenoxy) is 4. The monoisotopic (exact) mass is 736 g/mol. The number of aliphatic hydroxyl groups excluding tert-OH is 1. The van der Waals surface area contributed by atoms with E-state index in [4.69, 9.17) is 18.9 Å². The summed E-state index contributed by atoms with van der Waals surface area (Å²) in [5, 5.41) is 10.5. The second-order valence-electron chi connectivity index (χ2n) is 12.2. The number of methoxy groups -OCH3 is 1. The van der Waals surface area contributed by atoms with Crippen LogP contribution in [0.3, 0.4) is 0 Å². The number of pyridine rings is 1. The molecule has 1 aromatic carbocycles. The van der Waals surface area contributed by atoms with E-state index in [1.807, 2.05) is 33.8 Å². The van der Waals surface area contributed by atoms with Crippen LogP contribution in [0.2, 0.25) is 0 Å². The first-order chi connectivity index (χ1) is 25.6. The van der Waals surface area contributed by atoms with E-state index in [0.717, 1.165) is 31.8 Å². The summed E-state index contributed by atoms with van der Waals surface area (Å²) in [6.45, 7) is 20.7. The van der Waals surface area contributed by atoms with Crippen molar-refractivity contribution >= 4 is 16.9 Å². The summed E-state index contributed by atoms with van der Waals surface area (Å²) >= 11 is 0. The molecule has 0 radical (unpaired) electrons. The van der Waals surface area contributed by atoms with Crippen LogP contribution in [0.1, 0.15) is 74.7 Å². The van der Waals surface area contributed by atoms with Crippen LogP contribution in [0.25, 0.3) is 10.9 Å². The lowest BCUT2D eigenvalue weighted by molar-refractivity contribution is 0.112. The Balaban J connectivity index is 0.00000313. The molecule has 0 spiro atoms. The molecule has 0 saturated carbocycles. The SMILES string of the molecule is C/C=C\C(O)=C/CCN1C/C(=C\C)N(C(/C=C\C(Oc2ccnc3cc(OCCCN(CC)CCOCC)c(OC)cc23)=C(/C)F)=C/C)C1=O.CCC. The van der Waals surface area contributed by atoms with Crippen LogP contribution in [-0.2, 0) is 4.74 Å². The second kappa shape index (κ2) is 24.6. The number of aromatic nitrogens is 1. The predicted octanol–water partition coefficient (Wildman–Crippen LogP) is 9.88. The van der Waals surface area contributed by atoms with E-state index < -0.39 is 5.83 Å². The summed E-state index contributed by atoms with van der Waals surface area (Å²) in [5.74, 6) is 1.07. The summed E-state index contributed by atoms with van der Waals surface area (Å²) in [7, 11) is 1.57. The lowest BCUT2D eigenvalue weighted by Gasteiger charge is -2.20. The summed E-state index contributed by atoms with van der Waals surface area (Å²) < 4.78 is 38.3. The Morgan fingerprint density at radius 1 is 1.04 bits per heavy atom. The highest BCUT2D eigenvalue weighted by molar-refractivity contribution is 5.88. The van der Waals surface area contributed by atoms with Crippen LogP contribution in [-0.4, -0.2) is 90.5 Å². The van der Waals surface area contributed by atoms with E-state index in [-0.39, 0.29) is 17.5 Å². The largest absolute Gasteiger partial charge is 0.508 e.